The van der Waals surface area contributed by atoms with Gasteiger partial charge in [-0.05, 0) is 30.8 Å². The van der Waals surface area contributed by atoms with Crippen molar-refractivity contribution in [2.75, 3.05) is 32.9 Å². The van der Waals surface area contributed by atoms with Crippen LogP contribution in [0.25, 0.3) is 0 Å². The number of benzene rings is 2. The molecule has 0 radical (unpaired) electrons. The van der Waals surface area contributed by atoms with Crippen molar-refractivity contribution < 1.29 is 13.2 Å². The number of carbonyl (C=O) groups excluding carboxylic acids is 1. The summed E-state index contributed by atoms with van der Waals surface area (Å²) in [6.07, 6.45) is 1.15. The molecule has 0 saturated carbocycles. The standard InChI is InChI=1S/C19H22N2O3S/c1-20-11-12-21(14-18(20)15-7-4-3-5-8-15)19(22)16-9-6-10-17(13-16)25(2,23)24/h3-10,13,18H,11-12,14H2,1-2H3. The summed E-state index contributed by atoms with van der Waals surface area (Å²) in [5.74, 6) is -0.125. The van der Waals surface area contributed by atoms with Gasteiger partial charge in [0.25, 0.3) is 5.91 Å². The zero-order valence-electron chi connectivity index (χ0n) is 14.4. The Morgan fingerprint density at radius 2 is 1.76 bits per heavy atom. The van der Waals surface area contributed by atoms with E-state index in [4.69, 9.17) is 0 Å². The van der Waals surface area contributed by atoms with Crippen LogP contribution < -0.4 is 0 Å². The molecule has 5 nitrogen and oxygen atoms in total. The first-order chi connectivity index (χ1) is 11.9. The van der Waals surface area contributed by atoms with Gasteiger partial charge in [-0.2, -0.15) is 0 Å². The molecule has 0 N–H and O–H groups in total. The maximum atomic E-state index is 12.9. The average Bonchev–Trinajstić information content (AvgIpc) is 2.62. The van der Waals surface area contributed by atoms with E-state index in [9.17, 15) is 13.2 Å². The van der Waals surface area contributed by atoms with Crippen molar-refractivity contribution in [3.05, 3.63) is 65.7 Å². The predicted molar refractivity (Wildman–Crippen MR) is 97.3 cm³/mol. The number of nitrogens with zero attached hydrogens (tertiary/aromatic N) is 2. The monoisotopic (exact) mass is 358 g/mol. The Morgan fingerprint density at radius 1 is 1.04 bits per heavy atom. The minimum atomic E-state index is -3.33. The van der Waals surface area contributed by atoms with E-state index in [1.165, 1.54) is 17.7 Å². The second-order valence-corrected chi connectivity index (χ2v) is 8.47. The number of hydrogen-bond donors (Lipinski definition) is 0. The van der Waals surface area contributed by atoms with E-state index < -0.39 is 9.84 Å². The third-order valence-electron chi connectivity index (χ3n) is 4.63. The van der Waals surface area contributed by atoms with Crippen LogP contribution in [-0.2, 0) is 9.84 Å². The molecule has 1 saturated heterocycles. The molecule has 2 aromatic rings. The molecule has 6 heteroatoms. The zero-order chi connectivity index (χ0) is 18.0. The van der Waals surface area contributed by atoms with Crippen LogP contribution in [0, 0.1) is 0 Å². The summed E-state index contributed by atoms with van der Waals surface area (Å²) in [5, 5.41) is 0. The molecule has 1 unspecified atom stereocenters. The largest absolute Gasteiger partial charge is 0.335 e. The van der Waals surface area contributed by atoms with E-state index in [2.05, 4.69) is 24.1 Å². The van der Waals surface area contributed by atoms with E-state index in [1.807, 2.05) is 18.2 Å². The SMILES string of the molecule is CN1CCN(C(=O)c2cccc(S(C)(=O)=O)c2)CC1c1ccccc1. The van der Waals surface area contributed by atoms with Gasteiger partial charge in [-0.25, -0.2) is 8.42 Å². The molecule has 2 aromatic carbocycles. The van der Waals surface area contributed by atoms with E-state index in [-0.39, 0.29) is 16.8 Å². The van der Waals surface area contributed by atoms with Crippen molar-refractivity contribution in [3.63, 3.8) is 0 Å². The normalized spacial score (nSPS) is 19.0. The quantitative estimate of drug-likeness (QED) is 0.844. The van der Waals surface area contributed by atoms with Gasteiger partial charge in [0.05, 0.1) is 10.9 Å². The number of rotatable bonds is 3. The number of carbonyl (C=O) groups is 1. The van der Waals surface area contributed by atoms with Crippen LogP contribution in [0.1, 0.15) is 22.0 Å². The number of hydrogen-bond acceptors (Lipinski definition) is 4. The minimum Gasteiger partial charge on any atom is -0.335 e. The third-order valence-corrected chi connectivity index (χ3v) is 5.74. The maximum absolute atomic E-state index is 12.9. The Kier molecular flexibility index (Phi) is 4.92. The summed E-state index contributed by atoms with van der Waals surface area (Å²) < 4.78 is 23.5. The summed E-state index contributed by atoms with van der Waals surface area (Å²) in [6, 6.07) is 16.5. The third kappa shape index (κ3) is 3.91. The molecule has 1 aliphatic heterocycles. The minimum absolute atomic E-state index is 0.125. The molecular weight excluding hydrogens is 336 g/mol. The Labute approximate surface area is 148 Å². The van der Waals surface area contributed by atoms with Gasteiger partial charge in [-0.15, -0.1) is 0 Å². The Balaban J connectivity index is 1.83. The average molecular weight is 358 g/mol. The molecule has 0 bridgehead atoms. The molecule has 1 amide bonds. The highest BCUT2D eigenvalue weighted by Crippen LogP contribution is 2.25. The van der Waals surface area contributed by atoms with Gasteiger partial charge in [-0.3, -0.25) is 9.69 Å². The van der Waals surface area contributed by atoms with Crippen LogP contribution in [0.15, 0.2) is 59.5 Å². The molecule has 25 heavy (non-hydrogen) atoms. The van der Waals surface area contributed by atoms with E-state index in [1.54, 1.807) is 17.0 Å². The summed E-state index contributed by atoms with van der Waals surface area (Å²) in [7, 11) is -1.27. The topological polar surface area (TPSA) is 57.7 Å². The van der Waals surface area contributed by atoms with E-state index in [0.29, 0.717) is 18.7 Å². The molecule has 0 spiro atoms. The van der Waals surface area contributed by atoms with Crippen LogP contribution in [0.2, 0.25) is 0 Å². The van der Waals surface area contributed by atoms with Gasteiger partial charge in [0.2, 0.25) is 0 Å². The molecule has 0 aromatic heterocycles. The Hall–Kier alpha value is -2.18. The lowest BCUT2D eigenvalue weighted by Crippen LogP contribution is -2.49. The van der Waals surface area contributed by atoms with Gasteiger partial charge >= 0.3 is 0 Å². The first-order valence-electron chi connectivity index (χ1n) is 8.21. The smallest absolute Gasteiger partial charge is 0.254 e. The lowest BCUT2D eigenvalue weighted by Gasteiger charge is -2.39. The van der Waals surface area contributed by atoms with Crippen LogP contribution in [-0.4, -0.2) is 57.1 Å². The van der Waals surface area contributed by atoms with Gasteiger partial charge in [0.15, 0.2) is 9.84 Å². The summed E-state index contributed by atoms with van der Waals surface area (Å²) in [6.45, 7) is 1.99. The highest BCUT2D eigenvalue weighted by molar-refractivity contribution is 7.90. The highest BCUT2D eigenvalue weighted by atomic mass is 32.2. The van der Waals surface area contributed by atoms with Gasteiger partial charge in [0.1, 0.15) is 0 Å². The molecule has 3 rings (SSSR count). The van der Waals surface area contributed by atoms with Crippen molar-refractivity contribution >= 4 is 15.7 Å². The first-order valence-corrected chi connectivity index (χ1v) is 10.1. The van der Waals surface area contributed by atoms with E-state index >= 15 is 0 Å². The fourth-order valence-corrected chi connectivity index (χ4v) is 3.80. The van der Waals surface area contributed by atoms with Crippen molar-refractivity contribution in [2.45, 2.75) is 10.9 Å². The summed E-state index contributed by atoms with van der Waals surface area (Å²) >= 11 is 0. The van der Waals surface area contributed by atoms with Gasteiger partial charge in [0, 0.05) is 31.5 Å². The predicted octanol–water partition coefficient (Wildman–Crippen LogP) is 2.22. The van der Waals surface area contributed by atoms with Crippen LogP contribution >= 0.6 is 0 Å². The number of likely N-dealkylation sites (N-methyl/N-ethyl adjacent to an activating group) is 1. The molecular formula is C19H22N2O3S. The maximum Gasteiger partial charge on any atom is 0.254 e. The van der Waals surface area contributed by atoms with Crippen LogP contribution in [0.3, 0.4) is 0 Å². The molecule has 132 valence electrons. The van der Waals surface area contributed by atoms with Crippen molar-refractivity contribution in [1.29, 1.82) is 0 Å². The Bertz CT molecular complexity index is 865. The number of piperazine rings is 1. The van der Waals surface area contributed by atoms with Crippen LogP contribution in [0.4, 0.5) is 0 Å². The van der Waals surface area contributed by atoms with Crippen molar-refractivity contribution in [1.82, 2.24) is 9.80 Å². The van der Waals surface area contributed by atoms with Crippen molar-refractivity contribution in [3.8, 4) is 0 Å². The van der Waals surface area contributed by atoms with Crippen LogP contribution in [0.5, 0.6) is 0 Å². The lowest BCUT2D eigenvalue weighted by molar-refractivity contribution is 0.0546. The molecule has 1 heterocycles. The lowest BCUT2D eigenvalue weighted by atomic mass is 10.0. The number of sulfone groups is 1. The fourth-order valence-electron chi connectivity index (χ4n) is 3.14. The zero-order valence-corrected chi connectivity index (χ0v) is 15.2. The van der Waals surface area contributed by atoms with Gasteiger partial charge < -0.3 is 4.90 Å². The molecule has 1 fully saturated rings. The second kappa shape index (κ2) is 6.98. The van der Waals surface area contributed by atoms with Gasteiger partial charge in [-0.1, -0.05) is 36.4 Å². The first kappa shape index (κ1) is 17.6. The highest BCUT2D eigenvalue weighted by Gasteiger charge is 2.29. The summed E-state index contributed by atoms with van der Waals surface area (Å²) in [5.41, 5.74) is 1.59. The van der Waals surface area contributed by atoms with E-state index in [0.717, 1.165) is 12.8 Å². The number of amides is 1. The molecule has 1 aliphatic rings. The molecule has 0 aliphatic carbocycles. The molecule has 1 atom stereocenters. The fraction of sp³-hybridized carbons (Fsp3) is 0.316. The second-order valence-electron chi connectivity index (χ2n) is 6.46. The van der Waals surface area contributed by atoms with Crippen molar-refractivity contribution in [2.24, 2.45) is 0 Å². The summed E-state index contributed by atoms with van der Waals surface area (Å²) in [4.78, 5) is 17.1. The Morgan fingerprint density at radius 3 is 2.44 bits per heavy atom.